The van der Waals surface area contributed by atoms with Gasteiger partial charge in [0.25, 0.3) is 0 Å². The van der Waals surface area contributed by atoms with E-state index in [-0.39, 0.29) is 12.2 Å². The standard InChI is InChI=1S/C16H16N2O3/c1-21-12-8-6-11(7-9-12)15(19)10-16(20)18-14-5-3-2-4-13(14)17/h2-9H,10,17H2,1H3,(H,18,20). The van der Waals surface area contributed by atoms with Crippen LogP contribution >= 0.6 is 0 Å². The van der Waals surface area contributed by atoms with Crippen molar-refractivity contribution in [2.75, 3.05) is 18.2 Å². The van der Waals surface area contributed by atoms with Crippen LogP contribution in [0.3, 0.4) is 0 Å². The third-order valence-electron chi connectivity index (χ3n) is 2.97. The number of nitrogen functional groups attached to an aromatic ring is 1. The summed E-state index contributed by atoms with van der Waals surface area (Å²) in [4.78, 5) is 23.9. The smallest absolute Gasteiger partial charge is 0.232 e. The van der Waals surface area contributed by atoms with Gasteiger partial charge in [0.2, 0.25) is 5.91 Å². The van der Waals surface area contributed by atoms with Gasteiger partial charge in [-0.05, 0) is 36.4 Å². The van der Waals surface area contributed by atoms with E-state index in [1.165, 1.54) is 0 Å². The number of methoxy groups -OCH3 is 1. The Morgan fingerprint density at radius 3 is 2.38 bits per heavy atom. The third kappa shape index (κ3) is 3.82. The Kier molecular flexibility index (Phi) is 4.56. The normalized spacial score (nSPS) is 9.95. The van der Waals surface area contributed by atoms with E-state index in [1.54, 1.807) is 55.6 Å². The van der Waals surface area contributed by atoms with Crippen molar-refractivity contribution in [3.05, 3.63) is 54.1 Å². The van der Waals surface area contributed by atoms with Crippen LogP contribution in [0, 0.1) is 0 Å². The molecule has 0 saturated carbocycles. The van der Waals surface area contributed by atoms with Crippen molar-refractivity contribution in [1.82, 2.24) is 0 Å². The first kappa shape index (κ1) is 14.6. The Balaban J connectivity index is 1.98. The first-order chi connectivity index (χ1) is 10.1. The van der Waals surface area contributed by atoms with Crippen molar-refractivity contribution in [3.63, 3.8) is 0 Å². The lowest BCUT2D eigenvalue weighted by Gasteiger charge is -2.07. The molecule has 0 aliphatic rings. The number of ether oxygens (including phenoxy) is 1. The minimum Gasteiger partial charge on any atom is -0.497 e. The number of hydrogen-bond donors (Lipinski definition) is 2. The summed E-state index contributed by atoms with van der Waals surface area (Å²) in [6.45, 7) is 0. The molecule has 0 heterocycles. The molecule has 0 unspecified atom stereocenters. The van der Waals surface area contributed by atoms with Crippen molar-refractivity contribution in [2.45, 2.75) is 6.42 Å². The highest BCUT2D eigenvalue weighted by molar-refractivity contribution is 6.11. The van der Waals surface area contributed by atoms with E-state index in [0.717, 1.165) is 0 Å². The number of nitrogens with two attached hydrogens (primary N) is 1. The Hall–Kier alpha value is -2.82. The zero-order valence-corrected chi connectivity index (χ0v) is 11.6. The summed E-state index contributed by atoms with van der Waals surface area (Å²) >= 11 is 0. The van der Waals surface area contributed by atoms with Crippen molar-refractivity contribution in [1.29, 1.82) is 0 Å². The molecular weight excluding hydrogens is 268 g/mol. The molecule has 5 heteroatoms. The van der Waals surface area contributed by atoms with Crippen LogP contribution in [0.1, 0.15) is 16.8 Å². The highest BCUT2D eigenvalue weighted by Crippen LogP contribution is 2.17. The van der Waals surface area contributed by atoms with Gasteiger partial charge in [-0.3, -0.25) is 9.59 Å². The van der Waals surface area contributed by atoms with Crippen molar-refractivity contribution < 1.29 is 14.3 Å². The molecule has 0 fully saturated rings. The van der Waals surface area contributed by atoms with Crippen LogP contribution in [0.5, 0.6) is 5.75 Å². The Morgan fingerprint density at radius 2 is 1.76 bits per heavy atom. The number of benzene rings is 2. The summed E-state index contributed by atoms with van der Waals surface area (Å²) < 4.78 is 5.02. The van der Waals surface area contributed by atoms with Crippen LogP contribution in [-0.2, 0) is 4.79 Å². The maximum atomic E-state index is 12.0. The van der Waals surface area contributed by atoms with Crippen molar-refractivity contribution in [2.24, 2.45) is 0 Å². The van der Waals surface area contributed by atoms with Gasteiger partial charge in [-0.1, -0.05) is 12.1 Å². The molecule has 0 bridgehead atoms. The van der Waals surface area contributed by atoms with Gasteiger partial charge in [-0.2, -0.15) is 0 Å². The number of carbonyl (C=O) groups excluding carboxylic acids is 2. The van der Waals surface area contributed by atoms with Crippen LogP contribution in [0.2, 0.25) is 0 Å². The van der Waals surface area contributed by atoms with Crippen LogP contribution in [0.25, 0.3) is 0 Å². The highest BCUT2D eigenvalue weighted by atomic mass is 16.5. The minimum absolute atomic E-state index is 0.235. The number of para-hydroxylation sites is 2. The quantitative estimate of drug-likeness (QED) is 0.502. The van der Waals surface area contributed by atoms with E-state index in [2.05, 4.69) is 5.32 Å². The molecule has 0 saturated heterocycles. The summed E-state index contributed by atoms with van der Waals surface area (Å²) in [5.74, 6) is 0.00596. The summed E-state index contributed by atoms with van der Waals surface area (Å²) in [6, 6.07) is 13.5. The first-order valence-electron chi connectivity index (χ1n) is 6.42. The van der Waals surface area contributed by atoms with E-state index in [1.807, 2.05) is 0 Å². The van der Waals surface area contributed by atoms with E-state index in [0.29, 0.717) is 22.7 Å². The minimum atomic E-state index is -0.395. The summed E-state index contributed by atoms with van der Waals surface area (Å²) in [7, 11) is 1.55. The number of nitrogens with one attached hydrogen (secondary N) is 1. The molecule has 0 aromatic heterocycles. The average molecular weight is 284 g/mol. The fraction of sp³-hybridized carbons (Fsp3) is 0.125. The van der Waals surface area contributed by atoms with Gasteiger partial charge in [-0.25, -0.2) is 0 Å². The zero-order valence-electron chi connectivity index (χ0n) is 11.6. The summed E-state index contributed by atoms with van der Waals surface area (Å²) in [6.07, 6.45) is -0.235. The molecule has 0 atom stereocenters. The van der Waals surface area contributed by atoms with Gasteiger partial charge in [0.05, 0.1) is 24.9 Å². The first-order valence-corrected chi connectivity index (χ1v) is 6.42. The Bertz CT molecular complexity index is 651. The topological polar surface area (TPSA) is 81.4 Å². The lowest BCUT2D eigenvalue weighted by molar-refractivity contribution is -0.115. The summed E-state index contributed by atoms with van der Waals surface area (Å²) in [5, 5.41) is 2.62. The number of hydrogen-bond acceptors (Lipinski definition) is 4. The second-order valence-electron chi connectivity index (χ2n) is 4.46. The maximum Gasteiger partial charge on any atom is 0.232 e. The van der Waals surface area contributed by atoms with Gasteiger partial charge >= 0.3 is 0 Å². The molecule has 1 amide bonds. The second kappa shape index (κ2) is 6.56. The Morgan fingerprint density at radius 1 is 1.10 bits per heavy atom. The molecule has 21 heavy (non-hydrogen) atoms. The van der Waals surface area contributed by atoms with Crippen LogP contribution in [-0.4, -0.2) is 18.8 Å². The zero-order chi connectivity index (χ0) is 15.2. The number of anilines is 2. The molecule has 0 aliphatic carbocycles. The molecule has 0 radical (unpaired) electrons. The van der Waals surface area contributed by atoms with E-state index >= 15 is 0 Å². The number of rotatable bonds is 5. The van der Waals surface area contributed by atoms with Gasteiger partial charge in [0.1, 0.15) is 5.75 Å². The van der Waals surface area contributed by atoms with E-state index in [4.69, 9.17) is 10.5 Å². The van der Waals surface area contributed by atoms with Gasteiger partial charge in [-0.15, -0.1) is 0 Å². The predicted molar refractivity (Wildman–Crippen MR) is 81.4 cm³/mol. The molecule has 2 aromatic carbocycles. The fourth-order valence-corrected chi connectivity index (χ4v) is 1.83. The summed E-state index contributed by atoms with van der Waals surface area (Å²) in [5.41, 5.74) is 7.16. The van der Waals surface area contributed by atoms with Gasteiger partial charge in [0, 0.05) is 5.56 Å². The molecule has 0 aliphatic heterocycles. The molecule has 5 nitrogen and oxygen atoms in total. The SMILES string of the molecule is COc1ccc(C(=O)CC(=O)Nc2ccccc2N)cc1. The average Bonchev–Trinajstić information content (AvgIpc) is 2.49. The van der Waals surface area contributed by atoms with Crippen LogP contribution in [0.4, 0.5) is 11.4 Å². The van der Waals surface area contributed by atoms with Crippen LogP contribution < -0.4 is 15.8 Å². The molecule has 0 spiro atoms. The molecule has 3 N–H and O–H groups in total. The highest BCUT2D eigenvalue weighted by Gasteiger charge is 2.12. The van der Waals surface area contributed by atoms with E-state index < -0.39 is 5.91 Å². The number of ketones is 1. The molecule has 108 valence electrons. The predicted octanol–water partition coefficient (Wildman–Crippen LogP) is 2.49. The largest absolute Gasteiger partial charge is 0.497 e. The Labute approximate surface area is 122 Å². The number of carbonyl (C=O) groups is 2. The van der Waals surface area contributed by atoms with Crippen molar-refractivity contribution in [3.8, 4) is 5.75 Å². The van der Waals surface area contributed by atoms with Crippen molar-refractivity contribution >= 4 is 23.1 Å². The number of amides is 1. The fourth-order valence-electron chi connectivity index (χ4n) is 1.83. The van der Waals surface area contributed by atoms with Crippen LogP contribution in [0.15, 0.2) is 48.5 Å². The van der Waals surface area contributed by atoms with Gasteiger partial charge in [0.15, 0.2) is 5.78 Å². The molecular formula is C16H16N2O3. The van der Waals surface area contributed by atoms with Gasteiger partial charge < -0.3 is 15.8 Å². The third-order valence-corrected chi connectivity index (χ3v) is 2.97. The molecule has 2 aromatic rings. The lowest BCUT2D eigenvalue weighted by Crippen LogP contribution is -2.17. The second-order valence-corrected chi connectivity index (χ2v) is 4.46. The number of Topliss-reactive ketones (excluding diaryl/α,β-unsaturated/α-hetero) is 1. The monoisotopic (exact) mass is 284 g/mol. The van der Waals surface area contributed by atoms with E-state index in [9.17, 15) is 9.59 Å². The maximum absolute atomic E-state index is 12.0. The molecule has 2 rings (SSSR count). The lowest BCUT2D eigenvalue weighted by atomic mass is 10.1.